The van der Waals surface area contributed by atoms with Crippen molar-refractivity contribution in [3.05, 3.63) is 80.1 Å². The number of carbonyl (C=O) groups excluding carboxylic acids is 1. The van der Waals surface area contributed by atoms with E-state index in [1.54, 1.807) is 0 Å². The summed E-state index contributed by atoms with van der Waals surface area (Å²) in [5.74, 6) is -0.225. The number of alkyl halides is 3. The average molecular weight is 483 g/mol. The third kappa shape index (κ3) is 4.68. The number of rotatable bonds is 5. The van der Waals surface area contributed by atoms with Gasteiger partial charge in [0.25, 0.3) is 11.5 Å². The molecular weight excluding hydrogens is 465 g/mol. The Morgan fingerprint density at radius 2 is 1.97 bits per heavy atom. The zero-order valence-electron chi connectivity index (χ0n) is 17.3. The van der Waals surface area contributed by atoms with E-state index in [2.05, 4.69) is 10.3 Å². The van der Waals surface area contributed by atoms with Crippen molar-refractivity contribution >= 4 is 23.5 Å². The third-order valence-electron chi connectivity index (χ3n) is 5.18. The first-order chi connectivity index (χ1) is 15.7. The van der Waals surface area contributed by atoms with E-state index < -0.39 is 23.2 Å². The van der Waals surface area contributed by atoms with Crippen molar-refractivity contribution in [3.63, 3.8) is 0 Å². The molecule has 0 atom stereocenters. The number of furan rings is 1. The predicted molar refractivity (Wildman–Crippen MR) is 112 cm³/mol. The van der Waals surface area contributed by atoms with Gasteiger partial charge in [-0.15, -0.1) is 4.73 Å². The quantitative estimate of drug-likeness (QED) is 0.599. The van der Waals surface area contributed by atoms with Crippen LogP contribution in [0.1, 0.15) is 32.9 Å². The van der Waals surface area contributed by atoms with Crippen LogP contribution in [0.15, 0.2) is 45.6 Å². The minimum atomic E-state index is -4.42. The molecule has 0 unspecified atom stereocenters. The number of hydrogen-bond donors (Lipinski definition) is 1. The smallest absolute Gasteiger partial charge is 0.416 e. The van der Waals surface area contributed by atoms with Gasteiger partial charge in [-0.05, 0) is 41.4 Å². The molecule has 1 amide bonds. The van der Waals surface area contributed by atoms with Gasteiger partial charge in [-0.1, -0.05) is 12.1 Å². The van der Waals surface area contributed by atoms with E-state index in [-0.39, 0.29) is 30.0 Å². The fourth-order valence-electron chi connectivity index (χ4n) is 3.49. The molecule has 1 aromatic carbocycles. The van der Waals surface area contributed by atoms with Gasteiger partial charge in [0.1, 0.15) is 7.11 Å². The SMILES string of the molecule is COn1c(NCc2ccc(C(F)(F)F)cc2)nc2c(c1=O)CN(C(=O)c1ccc(Cl)o1)CC2. The highest BCUT2D eigenvalue weighted by molar-refractivity contribution is 6.29. The Balaban J connectivity index is 1.53. The maximum Gasteiger partial charge on any atom is 0.416 e. The summed E-state index contributed by atoms with van der Waals surface area (Å²) >= 11 is 5.73. The van der Waals surface area contributed by atoms with E-state index in [1.165, 1.54) is 36.3 Å². The van der Waals surface area contributed by atoms with Crippen molar-refractivity contribution in [2.45, 2.75) is 25.7 Å². The molecule has 12 heteroatoms. The number of hydrogen-bond acceptors (Lipinski definition) is 6. The monoisotopic (exact) mass is 482 g/mol. The molecule has 3 heterocycles. The molecule has 0 saturated heterocycles. The number of nitrogens with zero attached hydrogens (tertiary/aromatic N) is 3. The van der Waals surface area contributed by atoms with E-state index in [9.17, 15) is 22.8 Å². The Bertz CT molecular complexity index is 1240. The van der Waals surface area contributed by atoms with Crippen LogP contribution in [0.25, 0.3) is 0 Å². The van der Waals surface area contributed by atoms with Gasteiger partial charge in [0.15, 0.2) is 11.0 Å². The molecule has 1 aliphatic heterocycles. The van der Waals surface area contributed by atoms with Gasteiger partial charge in [0.2, 0.25) is 5.95 Å². The van der Waals surface area contributed by atoms with E-state index >= 15 is 0 Å². The molecule has 0 bridgehead atoms. The molecule has 3 aromatic rings. The van der Waals surface area contributed by atoms with Crippen LogP contribution in [0.5, 0.6) is 0 Å². The Hall–Kier alpha value is -3.47. The lowest BCUT2D eigenvalue weighted by Gasteiger charge is -2.28. The largest absolute Gasteiger partial charge is 0.440 e. The number of aromatic nitrogens is 2. The molecule has 0 fully saturated rings. The number of nitrogens with one attached hydrogen (secondary N) is 1. The molecule has 1 N–H and O–H groups in total. The van der Waals surface area contributed by atoms with E-state index in [1.807, 2.05) is 0 Å². The van der Waals surface area contributed by atoms with Crippen LogP contribution >= 0.6 is 11.6 Å². The highest BCUT2D eigenvalue weighted by Gasteiger charge is 2.30. The number of amides is 1. The standard InChI is InChI=1S/C21H18ClF3N4O4/c1-32-29-18(30)14-11-28(19(31)16-6-7-17(22)33-16)9-8-15(14)27-20(29)26-10-12-2-4-13(5-3-12)21(23,24)25/h2-7H,8-11H2,1H3,(H,26,27). The Kier molecular flexibility index (Phi) is 6.07. The van der Waals surface area contributed by atoms with Gasteiger partial charge < -0.3 is 19.5 Å². The lowest BCUT2D eigenvalue weighted by molar-refractivity contribution is -0.137. The Morgan fingerprint density at radius 3 is 2.58 bits per heavy atom. The second-order valence-corrected chi connectivity index (χ2v) is 7.64. The second kappa shape index (κ2) is 8.81. The van der Waals surface area contributed by atoms with Crippen molar-refractivity contribution in [1.82, 2.24) is 14.6 Å². The van der Waals surface area contributed by atoms with Crippen molar-refractivity contribution < 1.29 is 27.2 Å². The van der Waals surface area contributed by atoms with Crippen LogP contribution < -0.4 is 15.7 Å². The summed E-state index contributed by atoms with van der Waals surface area (Å²) in [6.07, 6.45) is -4.09. The maximum absolute atomic E-state index is 13.0. The van der Waals surface area contributed by atoms with Gasteiger partial charge in [-0.2, -0.15) is 13.2 Å². The van der Waals surface area contributed by atoms with Gasteiger partial charge in [0.05, 0.1) is 23.4 Å². The number of anilines is 1. The first kappa shape index (κ1) is 22.7. The van der Waals surface area contributed by atoms with Crippen LogP contribution in [-0.4, -0.2) is 34.2 Å². The first-order valence-corrected chi connectivity index (χ1v) is 10.2. The summed E-state index contributed by atoms with van der Waals surface area (Å²) in [4.78, 5) is 36.7. The van der Waals surface area contributed by atoms with Crippen molar-refractivity contribution in [3.8, 4) is 0 Å². The molecule has 2 aromatic heterocycles. The topological polar surface area (TPSA) is 89.6 Å². The molecule has 33 heavy (non-hydrogen) atoms. The summed E-state index contributed by atoms with van der Waals surface area (Å²) in [7, 11) is 1.29. The molecule has 174 valence electrons. The predicted octanol–water partition coefficient (Wildman–Crippen LogP) is 3.38. The molecule has 1 aliphatic rings. The fourth-order valence-corrected chi connectivity index (χ4v) is 3.64. The minimum Gasteiger partial charge on any atom is -0.440 e. The number of benzene rings is 1. The molecule has 4 rings (SSSR count). The Morgan fingerprint density at radius 1 is 1.24 bits per heavy atom. The Labute approximate surface area is 190 Å². The molecular formula is C21H18ClF3N4O4. The minimum absolute atomic E-state index is 0.0147. The zero-order chi connectivity index (χ0) is 23.8. The van der Waals surface area contributed by atoms with Crippen LogP contribution in [0, 0.1) is 0 Å². The number of halogens is 4. The zero-order valence-corrected chi connectivity index (χ0v) is 18.0. The molecule has 0 aliphatic carbocycles. The van der Waals surface area contributed by atoms with Crippen molar-refractivity contribution in [1.29, 1.82) is 0 Å². The highest BCUT2D eigenvalue weighted by Crippen LogP contribution is 2.29. The lowest BCUT2D eigenvalue weighted by Crippen LogP contribution is -2.42. The third-order valence-corrected chi connectivity index (χ3v) is 5.38. The molecule has 8 nitrogen and oxygen atoms in total. The van der Waals surface area contributed by atoms with Gasteiger partial charge in [0, 0.05) is 19.5 Å². The van der Waals surface area contributed by atoms with Crippen LogP contribution in [0.2, 0.25) is 5.22 Å². The molecule has 0 radical (unpaired) electrons. The maximum atomic E-state index is 13.0. The molecule has 0 spiro atoms. The lowest BCUT2D eigenvalue weighted by atomic mass is 10.1. The van der Waals surface area contributed by atoms with Crippen molar-refractivity contribution in [2.24, 2.45) is 0 Å². The number of carbonyl (C=O) groups is 1. The van der Waals surface area contributed by atoms with Crippen molar-refractivity contribution in [2.75, 3.05) is 19.0 Å². The van der Waals surface area contributed by atoms with Crippen LogP contribution in [-0.2, 0) is 25.7 Å². The van der Waals surface area contributed by atoms with Crippen LogP contribution in [0.3, 0.4) is 0 Å². The summed E-state index contributed by atoms with van der Waals surface area (Å²) in [5.41, 5.74) is 0.126. The van der Waals surface area contributed by atoms with Gasteiger partial charge in [-0.25, -0.2) is 4.98 Å². The summed E-state index contributed by atoms with van der Waals surface area (Å²) in [5, 5.41) is 3.01. The van der Waals surface area contributed by atoms with E-state index in [0.29, 0.717) is 29.8 Å². The molecule has 0 saturated carbocycles. The second-order valence-electron chi connectivity index (χ2n) is 7.27. The summed E-state index contributed by atoms with van der Waals surface area (Å²) < 4.78 is 44.3. The average Bonchev–Trinajstić information content (AvgIpc) is 3.23. The van der Waals surface area contributed by atoms with E-state index in [4.69, 9.17) is 20.9 Å². The first-order valence-electron chi connectivity index (χ1n) is 9.81. The summed E-state index contributed by atoms with van der Waals surface area (Å²) in [6.45, 7) is 0.448. The number of fused-ring (bicyclic) bond motifs is 1. The van der Waals surface area contributed by atoms with Gasteiger partial charge >= 0.3 is 6.18 Å². The van der Waals surface area contributed by atoms with Gasteiger partial charge in [-0.3, -0.25) is 9.59 Å². The van der Waals surface area contributed by atoms with Crippen LogP contribution in [0.4, 0.5) is 19.1 Å². The fraction of sp³-hybridized carbons (Fsp3) is 0.286. The highest BCUT2D eigenvalue weighted by atomic mass is 35.5. The summed E-state index contributed by atoms with van der Waals surface area (Å²) in [6, 6.07) is 7.57. The van der Waals surface area contributed by atoms with E-state index in [0.717, 1.165) is 16.9 Å². The normalized spacial score (nSPS) is 13.5.